The molecule has 1 atom stereocenters. The predicted molar refractivity (Wildman–Crippen MR) is 54.6 cm³/mol. The highest BCUT2D eigenvalue weighted by atomic mass is 16.5. The SMILES string of the molecule is COc1cccc([C@@H]2COCCN2)c1. The Kier molecular flexibility index (Phi) is 3.01. The van der Waals surface area contributed by atoms with E-state index in [2.05, 4.69) is 11.4 Å². The van der Waals surface area contributed by atoms with Crippen molar-refractivity contribution in [2.24, 2.45) is 0 Å². The topological polar surface area (TPSA) is 30.5 Å². The van der Waals surface area contributed by atoms with Crippen LogP contribution in [0, 0.1) is 0 Å². The lowest BCUT2D eigenvalue weighted by atomic mass is 10.1. The second kappa shape index (κ2) is 4.44. The zero-order valence-corrected chi connectivity index (χ0v) is 8.32. The lowest BCUT2D eigenvalue weighted by Crippen LogP contribution is -2.34. The van der Waals surface area contributed by atoms with Gasteiger partial charge in [0.2, 0.25) is 0 Å². The molecule has 1 fully saturated rings. The lowest BCUT2D eigenvalue weighted by molar-refractivity contribution is 0.0768. The Morgan fingerprint density at radius 2 is 2.43 bits per heavy atom. The van der Waals surface area contributed by atoms with Crippen molar-refractivity contribution in [1.29, 1.82) is 0 Å². The van der Waals surface area contributed by atoms with E-state index in [4.69, 9.17) is 9.47 Å². The van der Waals surface area contributed by atoms with Gasteiger partial charge in [-0.15, -0.1) is 0 Å². The molecule has 1 aliphatic heterocycles. The van der Waals surface area contributed by atoms with Gasteiger partial charge >= 0.3 is 0 Å². The van der Waals surface area contributed by atoms with Gasteiger partial charge in [0.25, 0.3) is 0 Å². The quantitative estimate of drug-likeness (QED) is 0.769. The van der Waals surface area contributed by atoms with Gasteiger partial charge in [-0.3, -0.25) is 0 Å². The summed E-state index contributed by atoms with van der Waals surface area (Å²) in [6, 6.07) is 8.40. The van der Waals surface area contributed by atoms with Gasteiger partial charge in [0.05, 0.1) is 26.4 Å². The van der Waals surface area contributed by atoms with Crippen LogP contribution < -0.4 is 10.1 Å². The number of benzene rings is 1. The Labute approximate surface area is 84.0 Å². The van der Waals surface area contributed by atoms with Gasteiger partial charge in [-0.1, -0.05) is 12.1 Å². The van der Waals surface area contributed by atoms with E-state index < -0.39 is 0 Å². The van der Waals surface area contributed by atoms with Crippen LogP contribution in [0.2, 0.25) is 0 Å². The Hall–Kier alpha value is -1.06. The minimum atomic E-state index is 0.304. The third-order valence-electron chi connectivity index (χ3n) is 2.42. The fourth-order valence-electron chi connectivity index (χ4n) is 1.64. The second-order valence-electron chi connectivity index (χ2n) is 3.36. The minimum absolute atomic E-state index is 0.304. The van der Waals surface area contributed by atoms with E-state index in [-0.39, 0.29) is 0 Å². The van der Waals surface area contributed by atoms with Crippen molar-refractivity contribution in [2.45, 2.75) is 6.04 Å². The molecule has 1 aromatic rings. The molecule has 2 rings (SSSR count). The van der Waals surface area contributed by atoms with E-state index in [9.17, 15) is 0 Å². The average Bonchev–Trinajstić information content (AvgIpc) is 2.30. The zero-order valence-electron chi connectivity index (χ0n) is 8.32. The maximum Gasteiger partial charge on any atom is 0.119 e. The van der Waals surface area contributed by atoms with Crippen LogP contribution in [0.25, 0.3) is 0 Å². The van der Waals surface area contributed by atoms with Gasteiger partial charge in [0.15, 0.2) is 0 Å². The molecule has 1 saturated heterocycles. The molecular formula is C11H15NO2. The van der Waals surface area contributed by atoms with Crippen molar-refractivity contribution in [3.63, 3.8) is 0 Å². The molecule has 1 aromatic carbocycles. The van der Waals surface area contributed by atoms with Gasteiger partial charge < -0.3 is 14.8 Å². The standard InChI is InChI=1S/C11H15NO2/c1-13-10-4-2-3-9(7-10)11-8-14-6-5-12-11/h2-4,7,11-12H,5-6,8H2,1H3/t11-/m0/s1. The summed E-state index contributed by atoms with van der Waals surface area (Å²) in [5, 5.41) is 3.41. The molecule has 0 saturated carbocycles. The minimum Gasteiger partial charge on any atom is -0.497 e. The molecule has 0 aliphatic carbocycles. The number of morpholine rings is 1. The molecule has 0 unspecified atom stereocenters. The largest absolute Gasteiger partial charge is 0.497 e. The first-order valence-corrected chi connectivity index (χ1v) is 4.85. The van der Waals surface area contributed by atoms with Crippen LogP contribution in [0.1, 0.15) is 11.6 Å². The summed E-state index contributed by atoms with van der Waals surface area (Å²) in [7, 11) is 1.68. The number of hydrogen-bond donors (Lipinski definition) is 1. The van der Waals surface area contributed by atoms with Crippen LogP contribution in [0.5, 0.6) is 5.75 Å². The van der Waals surface area contributed by atoms with Gasteiger partial charge in [-0.25, -0.2) is 0 Å². The normalized spacial score (nSPS) is 21.9. The maximum atomic E-state index is 5.41. The van der Waals surface area contributed by atoms with E-state index in [1.807, 2.05) is 18.2 Å². The Morgan fingerprint density at radius 3 is 3.14 bits per heavy atom. The van der Waals surface area contributed by atoms with Crippen molar-refractivity contribution in [2.75, 3.05) is 26.9 Å². The zero-order chi connectivity index (χ0) is 9.80. The summed E-state index contributed by atoms with van der Waals surface area (Å²) < 4.78 is 10.6. The van der Waals surface area contributed by atoms with Crippen LogP contribution in [-0.2, 0) is 4.74 Å². The number of rotatable bonds is 2. The van der Waals surface area contributed by atoms with Crippen LogP contribution in [-0.4, -0.2) is 26.9 Å². The third-order valence-corrected chi connectivity index (χ3v) is 2.42. The smallest absolute Gasteiger partial charge is 0.119 e. The Morgan fingerprint density at radius 1 is 1.50 bits per heavy atom. The molecule has 0 amide bonds. The average molecular weight is 193 g/mol. The molecule has 0 spiro atoms. The number of methoxy groups -OCH3 is 1. The summed E-state index contributed by atoms with van der Waals surface area (Å²) in [6.07, 6.45) is 0. The highest BCUT2D eigenvalue weighted by Crippen LogP contribution is 2.20. The molecule has 0 aromatic heterocycles. The molecule has 0 bridgehead atoms. The Bertz CT molecular complexity index is 295. The molecule has 1 N–H and O–H groups in total. The fourth-order valence-corrected chi connectivity index (χ4v) is 1.64. The first-order chi connectivity index (χ1) is 6.90. The molecule has 76 valence electrons. The monoisotopic (exact) mass is 193 g/mol. The lowest BCUT2D eigenvalue weighted by Gasteiger charge is -2.24. The fraction of sp³-hybridized carbons (Fsp3) is 0.455. The molecule has 3 heteroatoms. The van der Waals surface area contributed by atoms with Crippen molar-refractivity contribution in [3.8, 4) is 5.75 Å². The number of nitrogens with one attached hydrogen (secondary N) is 1. The number of ether oxygens (including phenoxy) is 2. The van der Waals surface area contributed by atoms with Gasteiger partial charge in [-0.2, -0.15) is 0 Å². The summed E-state index contributed by atoms with van der Waals surface area (Å²) in [5.74, 6) is 0.898. The molecule has 1 aliphatic rings. The van der Waals surface area contributed by atoms with Crippen LogP contribution in [0.15, 0.2) is 24.3 Å². The predicted octanol–water partition coefficient (Wildman–Crippen LogP) is 1.36. The summed E-state index contributed by atoms with van der Waals surface area (Å²) in [4.78, 5) is 0. The van der Waals surface area contributed by atoms with E-state index >= 15 is 0 Å². The molecule has 1 heterocycles. The van der Waals surface area contributed by atoms with Crippen molar-refractivity contribution >= 4 is 0 Å². The summed E-state index contributed by atoms with van der Waals surface area (Å²) >= 11 is 0. The number of hydrogen-bond acceptors (Lipinski definition) is 3. The summed E-state index contributed by atoms with van der Waals surface area (Å²) in [5.41, 5.74) is 1.23. The van der Waals surface area contributed by atoms with E-state index in [1.165, 1.54) is 5.56 Å². The van der Waals surface area contributed by atoms with Crippen molar-refractivity contribution in [1.82, 2.24) is 5.32 Å². The maximum absolute atomic E-state index is 5.41. The van der Waals surface area contributed by atoms with Gasteiger partial charge in [-0.05, 0) is 17.7 Å². The van der Waals surface area contributed by atoms with Crippen LogP contribution >= 0.6 is 0 Å². The molecular weight excluding hydrogens is 178 g/mol. The van der Waals surface area contributed by atoms with Crippen LogP contribution in [0.3, 0.4) is 0 Å². The van der Waals surface area contributed by atoms with E-state index in [0.717, 1.165) is 25.5 Å². The molecule has 3 nitrogen and oxygen atoms in total. The van der Waals surface area contributed by atoms with Crippen LogP contribution in [0.4, 0.5) is 0 Å². The first kappa shape index (κ1) is 9.49. The van der Waals surface area contributed by atoms with Gasteiger partial charge in [0, 0.05) is 6.54 Å². The third kappa shape index (κ3) is 2.05. The highest BCUT2D eigenvalue weighted by molar-refractivity contribution is 5.30. The van der Waals surface area contributed by atoms with E-state index in [0.29, 0.717) is 6.04 Å². The van der Waals surface area contributed by atoms with Crippen molar-refractivity contribution in [3.05, 3.63) is 29.8 Å². The van der Waals surface area contributed by atoms with E-state index in [1.54, 1.807) is 7.11 Å². The Balaban J connectivity index is 2.13. The van der Waals surface area contributed by atoms with Gasteiger partial charge in [0.1, 0.15) is 5.75 Å². The molecule has 14 heavy (non-hydrogen) atoms. The summed E-state index contributed by atoms with van der Waals surface area (Å²) in [6.45, 7) is 2.47. The molecule has 0 radical (unpaired) electrons. The van der Waals surface area contributed by atoms with Crippen molar-refractivity contribution < 1.29 is 9.47 Å². The second-order valence-corrected chi connectivity index (χ2v) is 3.36. The first-order valence-electron chi connectivity index (χ1n) is 4.85. The highest BCUT2D eigenvalue weighted by Gasteiger charge is 2.14.